The zero-order chi connectivity index (χ0) is 24.8. The van der Waals surface area contributed by atoms with E-state index in [2.05, 4.69) is 31.2 Å². The van der Waals surface area contributed by atoms with Crippen molar-refractivity contribution in [3.63, 3.8) is 0 Å². The predicted octanol–water partition coefficient (Wildman–Crippen LogP) is 3.96. The van der Waals surface area contributed by atoms with Gasteiger partial charge in [-0.3, -0.25) is 0 Å². The van der Waals surface area contributed by atoms with Gasteiger partial charge in [-0.2, -0.15) is 0 Å². The van der Waals surface area contributed by atoms with Crippen molar-refractivity contribution < 1.29 is 27.5 Å². The van der Waals surface area contributed by atoms with Crippen LogP contribution in [0.1, 0.15) is 66.4 Å². The van der Waals surface area contributed by atoms with Gasteiger partial charge in [0, 0.05) is 5.41 Å². The SMILES string of the molecule is C[C@]12CCC3c4ccccc4CCC3C1CC[C@@H]2OC(=O)COC(=O)c1ccc(S(N)(=O)=O)cc1. The minimum Gasteiger partial charge on any atom is -0.459 e. The fraction of sp³-hybridized carbons (Fsp3) is 0.481. The maximum atomic E-state index is 12.6. The summed E-state index contributed by atoms with van der Waals surface area (Å²) in [6.07, 6.45) is 6.13. The van der Waals surface area contributed by atoms with E-state index in [1.54, 1.807) is 0 Å². The fourth-order valence-corrected chi connectivity index (χ4v) is 7.36. The maximum Gasteiger partial charge on any atom is 0.344 e. The van der Waals surface area contributed by atoms with E-state index in [1.165, 1.54) is 41.8 Å². The zero-order valence-corrected chi connectivity index (χ0v) is 20.6. The average Bonchev–Trinajstić information content (AvgIpc) is 3.18. The second kappa shape index (κ2) is 9.06. The standard InChI is InChI=1S/C27H31NO6S/c1-27-15-14-21-20-5-3-2-4-17(20)8-11-22(21)23(27)12-13-24(27)34-25(29)16-33-26(30)18-6-9-19(10-7-18)35(28,31)32/h2-7,9-10,21-24H,8,11-16H2,1H3,(H2,28,31,32)/t21?,22?,23?,24-,27-/m0/s1. The molecule has 35 heavy (non-hydrogen) atoms. The second-order valence-corrected chi connectivity index (χ2v) is 11.9. The highest BCUT2D eigenvalue weighted by Crippen LogP contribution is 2.61. The van der Waals surface area contributed by atoms with E-state index < -0.39 is 28.6 Å². The van der Waals surface area contributed by atoms with Crippen molar-refractivity contribution in [2.75, 3.05) is 6.61 Å². The summed E-state index contributed by atoms with van der Waals surface area (Å²) in [6.45, 7) is 1.78. The number of hydrogen-bond donors (Lipinski definition) is 1. The molecule has 7 nitrogen and oxygen atoms in total. The molecule has 0 spiro atoms. The third-order valence-corrected chi connectivity index (χ3v) is 9.49. The van der Waals surface area contributed by atoms with Crippen molar-refractivity contribution >= 4 is 22.0 Å². The van der Waals surface area contributed by atoms with Gasteiger partial charge in [0.1, 0.15) is 6.10 Å². The summed E-state index contributed by atoms with van der Waals surface area (Å²) in [4.78, 5) is 24.8. The number of esters is 2. The van der Waals surface area contributed by atoms with Crippen LogP contribution in [0.2, 0.25) is 0 Å². The lowest BCUT2D eigenvalue weighted by Gasteiger charge is -2.50. The Bertz CT molecular complexity index is 1240. The topological polar surface area (TPSA) is 113 Å². The molecule has 2 saturated carbocycles. The van der Waals surface area contributed by atoms with E-state index in [0.29, 0.717) is 17.8 Å². The Labute approximate surface area is 206 Å². The normalized spacial score (nSPS) is 29.4. The Hall–Kier alpha value is -2.71. The molecular weight excluding hydrogens is 466 g/mol. The van der Waals surface area contributed by atoms with Crippen molar-refractivity contribution in [3.8, 4) is 0 Å². The van der Waals surface area contributed by atoms with Gasteiger partial charge in [-0.25, -0.2) is 23.1 Å². The molecule has 8 heteroatoms. The molecule has 2 aromatic carbocycles. The number of sulfonamides is 1. The highest BCUT2D eigenvalue weighted by Gasteiger charge is 2.56. The monoisotopic (exact) mass is 497 g/mol. The fourth-order valence-electron chi connectivity index (χ4n) is 6.85. The lowest BCUT2D eigenvalue weighted by atomic mass is 9.55. The molecule has 0 aliphatic heterocycles. The molecule has 5 rings (SSSR count). The first kappa shape index (κ1) is 24.0. The number of ether oxygens (including phenoxy) is 2. The molecular formula is C27H31NO6S. The van der Waals surface area contributed by atoms with Gasteiger partial charge in [0.15, 0.2) is 6.61 Å². The van der Waals surface area contributed by atoms with E-state index in [4.69, 9.17) is 14.6 Å². The second-order valence-electron chi connectivity index (χ2n) is 10.4. The molecule has 0 aromatic heterocycles. The summed E-state index contributed by atoms with van der Waals surface area (Å²) in [7, 11) is -3.85. The minimum absolute atomic E-state index is 0.0589. The first-order valence-electron chi connectivity index (χ1n) is 12.2. The van der Waals surface area contributed by atoms with Gasteiger partial charge >= 0.3 is 11.9 Å². The van der Waals surface area contributed by atoms with Crippen LogP contribution in [-0.2, 0) is 30.7 Å². The van der Waals surface area contributed by atoms with E-state index >= 15 is 0 Å². The number of benzene rings is 2. The van der Waals surface area contributed by atoms with Crippen molar-refractivity contribution in [3.05, 3.63) is 65.2 Å². The quantitative estimate of drug-likeness (QED) is 0.626. The van der Waals surface area contributed by atoms with Crippen LogP contribution in [0.15, 0.2) is 53.4 Å². The lowest BCUT2D eigenvalue weighted by Crippen LogP contribution is -2.45. The van der Waals surface area contributed by atoms with Gasteiger partial charge < -0.3 is 9.47 Å². The summed E-state index contributed by atoms with van der Waals surface area (Å²) >= 11 is 0. The van der Waals surface area contributed by atoms with Crippen molar-refractivity contribution in [1.29, 1.82) is 0 Å². The number of aryl methyl sites for hydroxylation is 1. The van der Waals surface area contributed by atoms with Crippen molar-refractivity contribution in [1.82, 2.24) is 0 Å². The number of rotatable bonds is 5. The van der Waals surface area contributed by atoms with Gasteiger partial charge in [-0.05, 0) is 91.7 Å². The molecule has 0 saturated heterocycles. The Kier molecular flexibility index (Phi) is 6.21. The largest absolute Gasteiger partial charge is 0.459 e. The van der Waals surface area contributed by atoms with Crippen LogP contribution >= 0.6 is 0 Å². The van der Waals surface area contributed by atoms with E-state index in [0.717, 1.165) is 32.1 Å². The summed E-state index contributed by atoms with van der Waals surface area (Å²) < 4.78 is 33.7. The number of nitrogens with two attached hydrogens (primary N) is 1. The molecule has 3 aliphatic rings. The lowest BCUT2D eigenvalue weighted by molar-refractivity contribution is -0.161. The number of hydrogen-bond acceptors (Lipinski definition) is 6. The maximum absolute atomic E-state index is 12.6. The van der Waals surface area contributed by atoms with Crippen molar-refractivity contribution in [2.24, 2.45) is 22.4 Å². The van der Waals surface area contributed by atoms with Crippen LogP contribution in [0.4, 0.5) is 0 Å². The highest BCUT2D eigenvalue weighted by atomic mass is 32.2. The molecule has 0 heterocycles. The molecule has 0 radical (unpaired) electrons. The molecule has 2 aromatic rings. The first-order chi connectivity index (χ1) is 16.7. The zero-order valence-electron chi connectivity index (χ0n) is 19.8. The molecule has 2 N–H and O–H groups in total. The van der Waals surface area contributed by atoms with Crippen LogP contribution < -0.4 is 5.14 Å². The molecule has 186 valence electrons. The third-order valence-electron chi connectivity index (χ3n) is 8.57. The molecule has 0 amide bonds. The highest BCUT2D eigenvalue weighted by molar-refractivity contribution is 7.89. The average molecular weight is 498 g/mol. The number of fused-ring (bicyclic) bond motifs is 5. The van der Waals surface area contributed by atoms with Gasteiger partial charge in [0.2, 0.25) is 10.0 Å². The summed E-state index contributed by atoms with van der Waals surface area (Å²) in [5, 5.41) is 5.07. The minimum atomic E-state index is -3.85. The smallest absolute Gasteiger partial charge is 0.344 e. The molecule has 5 atom stereocenters. The Balaban J connectivity index is 1.19. The molecule has 0 bridgehead atoms. The predicted molar refractivity (Wildman–Crippen MR) is 129 cm³/mol. The number of primary sulfonamides is 1. The summed E-state index contributed by atoms with van der Waals surface area (Å²) in [6, 6.07) is 13.9. The van der Waals surface area contributed by atoms with Gasteiger partial charge in [0.05, 0.1) is 10.5 Å². The third kappa shape index (κ3) is 4.49. The van der Waals surface area contributed by atoms with Crippen LogP contribution in [-0.4, -0.2) is 33.1 Å². The van der Waals surface area contributed by atoms with E-state index in [1.807, 2.05) is 0 Å². The Morgan fingerprint density at radius 3 is 2.51 bits per heavy atom. The number of carbonyl (C=O) groups is 2. The van der Waals surface area contributed by atoms with Gasteiger partial charge in [-0.15, -0.1) is 0 Å². The number of carbonyl (C=O) groups excluding carboxylic acids is 2. The van der Waals surface area contributed by atoms with E-state index in [9.17, 15) is 18.0 Å². The van der Waals surface area contributed by atoms with Gasteiger partial charge in [0.25, 0.3) is 0 Å². The molecule has 2 fully saturated rings. The van der Waals surface area contributed by atoms with E-state index in [-0.39, 0.29) is 22.0 Å². The van der Waals surface area contributed by atoms with Crippen molar-refractivity contribution in [2.45, 2.75) is 62.4 Å². The Morgan fingerprint density at radius 2 is 1.77 bits per heavy atom. The van der Waals surface area contributed by atoms with Crippen LogP contribution in [0.5, 0.6) is 0 Å². The van der Waals surface area contributed by atoms with Crippen LogP contribution in [0.25, 0.3) is 0 Å². The van der Waals surface area contributed by atoms with Crippen LogP contribution in [0, 0.1) is 17.3 Å². The first-order valence-corrected chi connectivity index (χ1v) is 13.8. The van der Waals surface area contributed by atoms with Gasteiger partial charge in [-0.1, -0.05) is 31.2 Å². The Morgan fingerprint density at radius 1 is 1.03 bits per heavy atom. The summed E-state index contributed by atoms with van der Waals surface area (Å²) in [5.41, 5.74) is 3.07. The van der Waals surface area contributed by atoms with Crippen LogP contribution in [0.3, 0.4) is 0 Å². The summed E-state index contributed by atoms with van der Waals surface area (Å²) in [5.74, 6) is 0.453. The molecule has 3 unspecified atom stereocenters. The molecule has 3 aliphatic carbocycles.